The van der Waals surface area contributed by atoms with E-state index in [1.165, 1.54) is 0 Å². The summed E-state index contributed by atoms with van der Waals surface area (Å²) in [6.07, 6.45) is 18.5. The molecule has 2 aliphatic rings. The number of ether oxygens (including phenoxy) is 2. The molecule has 2 atom stereocenters. The van der Waals surface area contributed by atoms with E-state index < -0.39 is 0 Å². The predicted molar refractivity (Wildman–Crippen MR) is 88.0 cm³/mol. The standard InChI is InChI=1S/C14H18O2S3/c1-15-13(9-5-3-6-10-13)17-19-18-14(16-2)11-7-4-8-12-14/h3-9,11H,10,12H2,1-2H3. The van der Waals surface area contributed by atoms with Crippen LogP contribution in [0.3, 0.4) is 0 Å². The van der Waals surface area contributed by atoms with Crippen LogP contribution in [-0.2, 0) is 9.47 Å². The lowest BCUT2D eigenvalue weighted by Crippen LogP contribution is -2.25. The van der Waals surface area contributed by atoms with Gasteiger partial charge in [-0.2, -0.15) is 0 Å². The minimum atomic E-state index is -0.254. The lowest BCUT2D eigenvalue weighted by Gasteiger charge is -2.31. The molecule has 0 aromatic rings. The molecule has 2 unspecified atom stereocenters. The summed E-state index contributed by atoms with van der Waals surface area (Å²) in [5.74, 6) is 0. The van der Waals surface area contributed by atoms with E-state index in [1.807, 2.05) is 12.2 Å². The zero-order chi connectivity index (χ0) is 13.6. The summed E-state index contributed by atoms with van der Waals surface area (Å²) in [5, 5.41) is 0. The average molecular weight is 314 g/mol. The van der Waals surface area contributed by atoms with Crippen LogP contribution in [0.2, 0.25) is 0 Å². The smallest absolute Gasteiger partial charge is 0.146 e. The van der Waals surface area contributed by atoms with Gasteiger partial charge in [0.2, 0.25) is 0 Å². The van der Waals surface area contributed by atoms with E-state index in [9.17, 15) is 0 Å². The Labute approximate surface area is 126 Å². The number of methoxy groups -OCH3 is 2. The fourth-order valence-corrected chi connectivity index (χ4v) is 7.11. The Kier molecular flexibility index (Phi) is 5.71. The minimum Gasteiger partial charge on any atom is -0.363 e. The Morgan fingerprint density at radius 3 is 1.58 bits per heavy atom. The Morgan fingerprint density at radius 2 is 1.26 bits per heavy atom. The van der Waals surface area contributed by atoms with Gasteiger partial charge in [-0.3, -0.25) is 0 Å². The van der Waals surface area contributed by atoms with Crippen molar-refractivity contribution in [3.8, 4) is 0 Å². The van der Waals surface area contributed by atoms with Gasteiger partial charge >= 0.3 is 0 Å². The van der Waals surface area contributed by atoms with Gasteiger partial charge in [-0.05, 0) is 43.6 Å². The first-order chi connectivity index (χ1) is 9.24. The Morgan fingerprint density at radius 1 is 0.789 bits per heavy atom. The first-order valence-electron chi connectivity index (χ1n) is 6.07. The lowest BCUT2D eigenvalue weighted by molar-refractivity contribution is 0.114. The summed E-state index contributed by atoms with van der Waals surface area (Å²) in [7, 11) is 8.72. The van der Waals surface area contributed by atoms with Gasteiger partial charge in [0, 0.05) is 27.1 Å². The average Bonchev–Trinajstić information content (AvgIpc) is 2.49. The maximum absolute atomic E-state index is 5.65. The van der Waals surface area contributed by atoms with Crippen molar-refractivity contribution in [1.29, 1.82) is 0 Å². The molecule has 0 bridgehead atoms. The summed E-state index contributed by atoms with van der Waals surface area (Å²) in [6, 6.07) is 0. The molecule has 0 saturated carbocycles. The van der Waals surface area contributed by atoms with Crippen molar-refractivity contribution in [2.24, 2.45) is 0 Å². The topological polar surface area (TPSA) is 18.5 Å². The van der Waals surface area contributed by atoms with Crippen LogP contribution >= 0.6 is 31.4 Å². The van der Waals surface area contributed by atoms with Gasteiger partial charge in [0.25, 0.3) is 0 Å². The molecule has 0 fully saturated rings. The van der Waals surface area contributed by atoms with Crippen LogP contribution in [-0.4, -0.2) is 24.1 Å². The quantitative estimate of drug-likeness (QED) is 0.519. The normalized spacial score (nSPS) is 32.9. The summed E-state index contributed by atoms with van der Waals surface area (Å²) in [5.41, 5.74) is 0. The van der Waals surface area contributed by atoms with Crippen molar-refractivity contribution in [3.05, 3.63) is 48.6 Å². The molecule has 19 heavy (non-hydrogen) atoms. The maximum atomic E-state index is 5.65. The number of hydrogen-bond acceptors (Lipinski definition) is 5. The van der Waals surface area contributed by atoms with Crippen LogP contribution in [0, 0.1) is 0 Å². The first-order valence-corrected chi connectivity index (χ1v) is 9.55. The molecule has 0 amide bonds. The Bertz CT molecular complexity index is 379. The van der Waals surface area contributed by atoms with E-state index in [-0.39, 0.29) is 9.87 Å². The van der Waals surface area contributed by atoms with Gasteiger partial charge in [-0.25, -0.2) is 0 Å². The van der Waals surface area contributed by atoms with Crippen LogP contribution in [0.15, 0.2) is 48.6 Å². The Hall–Kier alpha value is -0.0700. The predicted octanol–water partition coefficient (Wildman–Crippen LogP) is 4.73. The molecule has 0 heterocycles. The zero-order valence-electron chi connectivity index (χ0n) is 11.1. The van der Waals surface area contributed by atoms with Crippen LogP contribution in [0.25, 0.3) is 0 Å². The van der Waals surface area contributed by atoms with Gasteiger partial charge in [-0.1, -0.05) is 36.5 Å². The summed E-state index contributed by atoms with van der Waals surface area (Å²) < 4.78 is 11.3. The van der Waals surface area contributed by atoms with Crippen LogP contribution in [0.5, 0.6) is 0 Å². The molecule has 2 nitrogen and oxygen atoms in total. The second-order valence-electron chi connectivity index (χ2n) is 4.25. The lowest BCUT2D eigenvalue weighted by atomic mass is 10.1. The third-order valence-corrected chi connectivity index (χ3v) is 8.01. The van der Waals surface area contributed by atoms with Crippen molar-refractivity contribution in [2.75, 3.05) is 14.2 Å². The summed E-state index contributed by atoms with van der Waals surface area (Å²) in [6.45, 7) is 0. The van der Waals surface area contributed by atoms with Crippen molar-refractivity contribution >= 4 is 31.4 Å². The van der Waals surface area contributed by atoms with Gasteiger partial charge in [0.15, 0.2) is 0 Å². The maximum Gasteiger partial charge on any atom is 0.146 e. The van der Waals surface area contributed by atoms with E-state index in [0.29, 0.717) is 0 Å². The molecule has 5 heteroatoms. The molecule has 104 valence electrons. The van der Waals surface area contributed by atoms with Crippen molar-refractivity contribution < 1.29 is 9.47 Å². The number of rotatable bonds is 6. The monoisotopic (exact) mass is 314 g/mol. The largest absolute Gasteiger partial charge is 0.363 e. The fourth-order valence-electron chi connectivity index (χ4n) is 1.79. The molecule has 0 radical (unpaired) electrons. The van der Waals surface area contributed by atoms with E-state index >= 15 is 0 Å². The summed E-state index contributed by atoms with van der Waals surface area (Å²) >= 11 is 0. The minimum absolute atomic E-state index is 0.254. The third-order valence-electron chi connectivity index (χ3n) is 3.04. The first kappa shape index (κ1) is 15.3. The van der Waals surface area contributed by atoms with Crippen molar-refractivity contribution in [3.63, 3.8) is 0 Å². The van der Waals surface area contributed by atoms with Crippen LogP contribution < -0.4 is 0 Å². The highest BCUT2D eigenvalue weighted by Crippen LogP contribution is 2.53. The zero-order valence-corrected chi connectivity index (χ0v) is 13.5. The highest BCUT2D eigenvalue weighted by molar-refractivity contribution is 9.09. The summed E-state index contributed by atoms with van der Waals surface area (Å²) in [4.78, 5) is -0.509. The highest BCUT2D eigenvalue weighted by Gasteiger charge is 2.32. The van der Waals surface area contributed by atoms with E-state index in [1.54, 1.807) is 45.6 Å². The molecule has 0 N–H and O–H groups in total. The highest BCUT2D eigenvalue weighted by atomic mass is 33.5. The van der Waals surface area contributed by atoms with Gasteiger partial charge in [0.05, 0.1) is 0 Å². The van der Waals surface area contributed by atoms with Crippen molar-refractivity contribution in [2.45, 2.75) is 22.7 Å². The molecule has 0 saturated heterocycles. The van der Waals surface area contributed by atoms with E-state index in [2.05, 4.69) is 36.5 Å². The van der Waals surface area contributed by atoms with Gasteiger partial charge < -0.3 is 9.47 Å². The molecule has 2 rings (SSSR count). The van der Waals surface area contributed by atoms with Crippen molar-refractivity contribution in [1.82, 2.24) is 0 Å². The van der Waals surface area contributed by atoms with Gasteiger partial charge in [0.1, 0.15) is 9.87 Å². The Balaban J connectivity index is 1.88. The van der Waals surface area contributed by atoms with Crippen LogP contribution in [0.1, 0.15) is 12.8 Å². The molecule has 0 aromatic heterocycles. The van der Waals surface area contributed by atoms with Crippen LogP contribution in [0.4, 0.5) is 0 Å². The molecule has 0 aliphatic heterocycles. The fraction of sp³-hybridized carbons (Fsp3) is 0.429. The molecule has 2 aliphatic carbocycles. The molecular weight excluding hydrogens is 296 g/mol. The second kappa shape index (κ2) is 7.09. The number of hydrogen-bond donors (Lipinski definition) is 0. The van der Waals surface area contributed by atoms with E-state index in [0.717, 1.165) is 12.8 Å². The van der Waals surface area contributed by atoms with Gasteiger partial charge in [-0.15, -0.1) is 0 Å². The molecule has 0 spiro atoms. The SMILES string of the molecule is COC1(SSSC2(OC)C=CC=CC2)C=CC=CC1. The van der Waals surface area contributed by atoms with E-state index in [4.69, 9.17) is 9.47 Å². The molecular formula is C14H18O2S3. The second-order valence-corrected chi connectivity index (χ2v) is 8.73. The molecule has 0 aromatic carbocycles. The third kappa shape index (κ3) is 3.95. The number of allylic oxidation sites excluding steroid dienone is 4.